The smallest absolute Gasteiger partial charge is 0.133 e. The van der Waals surface area contributed by atoms with Crippen LogP contribution in [0.5, 0.6) is 0 Å². The summed E-state index contributed by atoms with van der Waals surface area (Å²) in [5, 5.41) is 3.28. The van der Waals surface area contributed by atoms with E-state index in [0.717, 1.165) is 35.9 Å². The lowest BCUT2D eigenvalue weighted by molar-refractivity contribution is 0.776. The molecule has 1 heterocycles. The fourth-order valence-corrected chi connectivity index (χ4v) is 2.05. The Morgan fingerprint density at radius 3 is 2.30 bits per heavy atom. The fraction of sp³-hybridized carbons (Fsp3) is 0.412. The molecular weight excluding hydrogens is 246 g/mol. The van der Waals surface area contributed by atoms with Gasteiger partial charge in [-0.25, -0.2) is 9.97 Å². The van der Waals surface area contributed by atoms with Gasteiger partial charge >= 0.3 is 0 Å². The van der Waals surface area contributed by atoms with Crippen LogP contribution in [0.3, 0.4) is 0 Å². The second-order valence-electron chi connectivity index (χ2n) is 5.23. The molecule has 1 N–H and O–H groups in total. The summed E-state index contributed by atoms with van der Waals surface area (Å²) in [5.41, 5.74) is 3.48. The maximum absolute atomic E-state index is 4.69. The normalized spacial score (nSPS) is 10.8. The van der Waals surface area contributed by atoms with Crippen molar-refractivity contribution in [3.05, 3.63) is 41.7 Å². The second kappa shape index (κ2) is 6.51. The monoisotopic (exact) mass is 269 g/mol. The predicted molar refractivity (Wildman–Crippen MR) is 85.1 cm³/mol. The van der Waals surface area contributed by atoms with Crippen molar-refractivity contribution in [3.63, 3.8) is 0 Å². The average Bonchev–Trinajstić information content (AvgIpc) is 2.47. The van der Waals surface area contributed by atoms with E-state index in [2.05, 4.69) is 67.2 Å². The lowest BCUT2D eigenvalue weighted by Gasteiger charge is -2.11. The summed E-state index contributed by atoms with van der Waals surface area (Å²) in [6.07, 6.45) is 1.06. The summed E-state index contributed by atoms with van der Waals surface area (Å²) in [6.45, 7) is 9.35. The Morgan fingerprint density at radius 2 is 1.75 bits per heavy atom. The third kappa shape index (κ3) is 3.35. The molecule has 3 heteroatoms. The van der Waals surface area contributed by atoms with Gasteiger partial charge in [0.15, 0.2) is 0 Å². The molecule has 0 aliphatic carbocycles. The molecule has 2 rings (SSSR count). The highest BCUT2D eigenvalue weighted by atomic mass is 15.0. The van der Waals surface area contributed by atoms with Gasteiger partial charge in [-0.15, -0.1) is 0 Å². The number of nitrogens with zero attached hydrogens (tertiary/aromatic N) is 2. The Hall–Kier alpha value is -1.90. The van der Waals surface area contributed by atoms with Gasteiger partial charge in [0, 0.05) is 24.1 Å². The highest BCUT2D eigenvalue weighted by molar-refractivity contribution is 5.63. The molecule has 0 unspecified atom stereocenters. The molecule has 0 spiro atoms. The van der Waals surface area contributed by atoms with Crippen LogP contribution < -0.4 is 5.32 Å². The first kappa shape index (κ1) is 14.5. The lowest BCUT2D eigenvalue weighted by atomic mass is 10.1. The minimum atomic E-state index is 0.322. The molecule has 106 valence electrons. The van der Waals surface area contributed by atoms with Crippen molar-refractivity contribution in [2.45, 2.75) is 40.0 Å². The molecular formula is C17H23N3. The number of nitrogens with one attached hydrogen (secondary N) is 1. The van der Waals surface area contributed by atoms with Gasteiger partial charge in [-0.05, 0) is 18.9 Å². The highest BCUT2D eigenvalue weighted by Gasteiger charge is 2.09. The van der Waals surface area contributed by atoms with E-state index in [0.29, 0.717) is 5.92 Å². The van der Waals surface area contributed by atoms with E-state index in [-0.39, 0.29) is 0 Å². The van der Waals surface area contributed by atoms with Crippen LogP contribution >= 0.6 is 0 Å². The summed E-state index contributed by atoms with van der Waals surface area (Å²) in [4.78, 5) is 9.25. The zero-order chi connectivity index (χ0) is 14.5. The highest BCUT2D eigenvalue weighted by Crippen LogP contribution is 2.23. The Morgan fingerprint density at radius 1 is 1.05 bits per heavy atom. The summed E-state index contributed by atoms with van der Waals surface area (Å²) in [7, 11) is 0. The third-order valence-corrected chi connectivity index (χ3v) is 3.28. The molecule has 2 aromatic rings. The molecule has 0 aliphatic heterocycles. The molecule has 0 saturated heterocycles. The van der Waals surface area contributed by atoms with Crippen LogP contribution in [0.1, 0.15) is 45.0 Å². The summed E-state index contributed by atoms with van der Waals surface area (Å²) in [6, 6.07) is 10.6. The van der Waals surface area contributed by atoms with E-state index in [1.165, 1.54) is 5.56 Å². The first-order valence-electron chi connectivity index (χ1n) is 7.36. The zero-order valence-corrected chi connectivity index (χ0v) is 12.8. The van der Waals surface area contributed by atoms with Crippen LogP contribution in [0.2, 0.25) is 0 Å². The average molecular weight is 269 g/mol. The topological polar surface area (TPSA) is 37.8 Å². The van der Waals surface area contributed by atoms with Gasteiger partial charge in [0.05, 0.1) is 5.69 Å². The Kier molecular flexibility index (Phi) is 4.72. The van der Waals surface area contributed by atoms with Crippen molar-refractivity contribution in [3.8, 4) is 11.3 Å². The van der Waals surface area contributed by atoms with Gasteiger partial charge in [-0.2, -0.15) is 0 Å². The number of aromatic nitrogens is 2. The fourth-order valence-electron chi connectivity index (χ4n) is 2.05. The van der Waals surface area contributed by atoms with Crippen molar-refractivity contribution in [2.75, 3.05) is 11.9 Å². The molecule has 0 aliphatic rings. The van der Waals surface area contributed by atoms with Gasteiger partial charge in [-0.1, -0.05) is 45.0 Å². The van der Waals surface area contributed by atoms with E-state index in [1.54, 1.807) is 0 Å². The Bertz CT molecular complexity index is 559. The van der Waals surface area contributed by atoms with Crippen molar-refractivity contribution in [2.24, 2.45) is 0 Å². The molecule has 1 aromatic carbocycles. The van der Waals surface area contributed by atoms with Crippen molar-refractivity contribution < 1.29 is 0 Å². The van der Waals surface area contributed by atoms with E-state index in [9.17, 15) is 0 Å². The Balaban J connectivity index is 2.42. The van der Waals surface area contributed by atoms with E-state index >= 15 is 0 Å². The zero-order valence-electron chi connectivity index (χ0n) is 12.8. The van der Waals surface area contributed by atoms with Crippen LogP contribution in [-0.4, -0.2) is 16.5 Å². The summed E-state index contributed by atoms with van der Waals surface area (Å²) >= 11 is 0. The molecule has 0 bridgehead atoms. The molecule has 1 aromatic heterocycles. The number of hydrogen-bond donors (Lipinski definition) is 1. The largest absolute Gasteiger partial charge is 0.370 e. The van der Waals surface area contributed by atoms with Crippen molar-refractivity contribution >= 4 is 5.82 Å². The van der Waals surface area contributed by atoms with Crippen LogP contribution in [0.4, 0.5) is 5.82 Å². The van der Waals surface area contributed by atoms with E-state index in [4.69, 9.17) is 0 Å². The first-order chi connectivity index (χ1) is 9.63. The maximum Gasteiger partial charge on any atom is 0.133 e. The molecule has 20 heavy (non-hydrogen) atoms. The third-order valence-electron chi connectivity index (χ3n) is 3.28. The molecule has 0 atom stereocenters. The second-order valence-corrected chi connectivity index (χ2v) is 5.23. The van der Waals surface area contributed by atoms with E-state index in [1.807, 2.05) is 6.07 Å². The van der Waals surface area contributed by atoms with Crippen LogP contribution in [0.15, 0.2) is 30.3 Å². The number of hydrogen-bond acceptors (Lipinski definition) is 3. The van der Waals surface area contributed by atoms with Crippen LogP contribution in [0, 0.1) is 0 Å². The van der Waals surface area contributed by atoms with Gasteiger partial charge in [-0.3, -0.25) is 0 Å². The SMILES string of the molecule is CCNc1cc(-c2ccc(CC)cc2)nc(C(C)C)n1. The molecule has 0 fully saturated rings. The van der Waals surface area contributed by atoms with Gasteiger partial charge in [0.1, 0.15) is 11.6 Å². The molecule has 3 nitrogen and oxygen atoms in total. The minimum Gasteiger partial charge on any atom is -0.370 e. The molecule has 0 radical (unpaired) electrons. The predicted octanol–water partition coefficient (Wildman–Crippen LogP) is 4.26. The Labute approximate surface area is 121 Å². The van der Waals surface area contributed by atoms with Crippen molar-refractivity contribution in [1.29, 1.82) is 0 Å². The number of anilines is 1. The summed E-state index contributed by atoms with van der Waals surface area (Å²) in [5.74, 6) is 2.11. The van der Waals surface area contributed by atoms with Crippen LogP contribution in [0.25, 0.3) is 11.3 Å². The standard InChI is InChI=1S/C17H23N3/c1-5-13-7-9-14(10-8-13)15-11-16(18-6-2)20-17(19-15)12(3)4/h7-12H,5-6H2,1-4H3,(H,18,19,20). The lowest BCUT2D eigenvalue weighted by Crippen LogP contribution is -2.05. The number of aryl methyl sites for hydroxylation is 1. The van der Waals surface area contributed by atoms with Gasteiger partial charge in [0.25, 0.3) is 0 Å². The molecule has 0 amide bonds. The van der Waals surface area contributed by atoms with Gasteiger partial charge in [0.2, 0.25) is 0 Å². The molecule has 0 saturated carbocycles. The minimum absolute atomic E-state index is 0.322. The number of benzene rings is 1. The first-order valence-corrected chi connectivity index (χ1v) is 7.36. The van der Waals surface area contributed by atoms with Crippen molar-refractivity contribution in [1.82, 2.24) is 9.97 Å². The summed E-state index contributed by atoms with van der Waals surface area (Å²) < 4.78 is 0. The van der Waals surface area contributed by atoms with Crippen LogP contribution in [-0.2, 0) is 6.42 Å². The number of rotatable bonds is 5. The maximum atomic E-state index is 4.69. The van der Waals surface area contributed by atoms with E-state index < -0.39 is 0 Å². The quantitative estimate of drug-likeness (QED) is 0.881. The van der Waals surface area contributed by atoms with Gasteiger partial charge < -0.3 is 5.32 Å².